The second-order valence-corrected chi connectivity index (χ2v) is 10.8. The summed E-state index contributed by atoms with van der Waals surface area (Å²) in [5.41, 5.74) is 2.62. The first kappa shape index (κ1) is 30.1. The predicted octanol–water partition coefficient (Wildman–Crippen LogP) is 8.31. The minimum Gasteiger partial charge on any atom is -0.497 e. The summed E-state index contributed by atoms with van der Waals surface area (Å²) in [6, 6.07) is 15.0. The van der Waals surface area contributed by atoms with Crippen LogP contribution in [0.2, 0.25) is 0 Å². The van der Waals surface area contributed by atoms with Crippen molar-refractivity contribution in [1.82, 2.24) is 0 Å². The molecule has 3 rings (SSSR count). The Hall–Kier alpha value is -3.45. The number of aliphatic carboxylic acids is 1. The molecule has 0 radical (unpaired) electrons. The van der Waals surface area contributed by atoms with Crippen LogP contribution in [0.15, 0.2) is 54.6 Å². The van der Waals surface area contributed by atoms with Crippen LogP contribution in [0.5, 0.6) is 11.5 Å². The Morgan fingerprint density at radius 2 is 1.72 bits per heavy atom. The molecular weight excluding hydrogens is 502 g/mol. The lowest BCUT2D eigenvalue weighted by Crippen LogP contribution is -2.21. The Kier molecular flexibility index (Phi) is 10.1. The van der Waals surface area contributed by atoms with Gasteiger partial charge in [-0.15, -0.1) is 0 Å². The molecule has 0 aliphatic heterocycles. The monoisotopic (exact) mass is 540 g/mol. The fraction of sp³-hybridized carbons (Fsp3) is 0.406. The van der Waals surface area contributed by atoms with Gasteiger partial charge in [-0.25, -0.2) is 8.78 Å². The van der Waals surface area contributed by atoms with E-state index >= 15 is 4.39 Å². The standard InChI is InChI=1S/C32H38F2O5/c1-7-9-21(17-29(35)36)23-10-8-11-28(30(23)34)39-19-20-12-14-24(25-18-22(37-5)13-15-27(25)33)26(16-20)31(38-6)32(2,3)4/h8,10-16,18,21,31H,7,9,17,19H2,1-6H3,(H,35,36)/t21-,31-/m0/s1. The van der Waals surface area contributed by atoms with Gasteiger partial charge in [0.1, 0.15) is 18.2 Å². The van der Waals surface area contributed by atoms with Crippen LogP contribution in [0.3, 0.4) is 0 Å². The largest absolute Gasteiger partial charge is 0.497 e. The third-order valence-corrected chi connectivity index (χ3v) is 6.77. The number of hydrogen-bond acceptors (Lipinski definition) is 4. The summed E-state index contributed by atoms with van der Waals surface area (Å²) in [6.07, 6.45) is 0.776. The van der Waals surface area contributed by atoms with Gasteiger partial charge in [0.2, 0.25) is 0 Å². The zero-order valence-electron chi connectivity index (χ0n) is 23.5. The summed E-state index contributed by atoms with van der Waals surface area (Å²) in [4.78, 5) is 11.3. The van der Waals surface area contributed by atoms with E-state index in [1.54, 1.807) is 31.4 Å². The van der Waals surface area contributed by atoms with E-state index < -0.39 is 17.7 Å². The zero-order chi connectivity index (χ0) is 28.7. The van der Waals surface area contributed by atoms with Crippen LogP contribution in [0, 0.1) is 17.0 Å². The van der Waals surface area contributed by atoms with E-state index in [9.17, 15) is 14.3 Å². The molecule has 0 saturated heterocycles. The molecule has 0 bridgehead atoms. The van der Waals surface area contributed by atoms with Crippen molar-refractivity contribution in [3.63, 3.8) is 0 Å². The predicted molar refractivity (Wildman–Crippen MR) is 148 cm³/mol. The summed E-state index contributed by atoms with van der Waals surface area (Å²) in [7, 11) is 3.15. The van der Waals surface area contributed by atoms with Gasteiger partial charge >= 0.3 is 5.97 Å². The molecule has 0 saturated carbocycles. The van der Waals surface area contributed by atoms with Crippen LogP contribution in [0.25, 0.3) is 11.1 Å². The van der Waals surface area contributed by atoms with Crippen LogP contribution < -0.4 is 9.47 Å². The Bertz CT molecular complexity index is 1280. The number of ether oxygens (including phenoxy) is 3. The van der Waals surface area contributed by atoms with Gasteiger partial charge < -0.3 is 19.3 Å². The SMILES string of the molecule is CCC[C@@H](CC(=O)O)c1cccc(OCc2ccc(-c3cc(OC)ccc3F)c([C@H](OC)C(C)(C)C)c2)c1F. The van der Waals surface area contributed by atoms with E-state index in [2.05, 4.69) is 0 Å². The highest BCUT2D eigenvalue weighted by atomic mass is 19.1. The van der Waals surface area contributed by atoms with E-state index in [0.29, 0.717) is 28.9 Å². The number of rotatable bonds is 12. The van der Waals surface area contributed by atoms with E-state index in [1.165, 1.54) is 19.2 Å². The van der Waals surface area contributed by atoms with Gasteiger partial charge in [0.15, 0.2) is 11.6 Å². The van der Waals surface area contributed by atoms with Crippen molar-refractivity contribution < 1.29 is 32.9 Å². The molecule has 5 nitrogen and oxygen atoms in total. The average Bonchev–Trinajstić information content (AvgIpc) is 2.88. The normalized spacial score (nSPS) is 13.1. The molecule has 0 unspecified atom stereocenters. The summed E-state index contributed by atoms with van der Waals surface area (Å²) < 4.78 is 47.5. The third kappa shape index (κ3) is 7.35. The summed E-state index contributed by atoms with van der Waals surface area (Å²) in [5, 5.41) is 9.29. The Labute approximate surface area is 229 Å². The second-order valence-electron chi connectivity index (χ2n) is 10.8. The molecule has 3 aromatic rings. The molecule has 0 amide bonds. The molecule has 0 fully saturated rings. The van der Waals surface area contributed by atoms with Crippen molar-refractivity contribution in [3.05, 3.63) is 82.9 Å². The highest BCUT2D eigenvalue weighted by Gasteiger charge is 2.29. The molecule has 7 heteroatoms. The number of hydrogen-bond donors (Lipinski definition) is 1. The number of halogens is 2. The number of carboxylic acids is 1. The van der Waals surface area contributed by atoms with Gasteiger partial charge in [0.25, 0.3) is 0 Å². The molecule has 1 N–H and O–H groups in total. The van der Waals surface area contributed by atoms with E-state index in [1.807, 2.05) is 45.9 Å². The lowest BCUT2D eigenvalue weighted by atomic mass is 9.81. The first-order chi connectivity index (χ1) is 18.5. The number of methoxy groups -OCH3 is 2. The fourth-order valence-electron chi connectivity index (χ4n) is 4.99. The summed E-state index contributed by atoms with van der Waals surface area (Å²) in [5.74, 6) is -1.74. The molecule has 2 atom stereocenters. The summed E-state index contributed by atoms with van der Waals surface area (Å²) in [6.45, 7) is 8.13. The van der Waals surface area contributed by atoms with Crippen LogP contribution in [-0.2, 0) is 16.1 Å². The van der Waals surface area contributed by atoms with E-state index in [-0.39, 0.29) is 36.1 Å². The van der Waals surface area contributed by atoms with Crippen LogP contribution >= 0.6 is 0 Å². The first-order valence-corrected chi connectivity index (χ1v) is 13.1. The maximum atomic E-state index is 15.4. The molecule has 0 aliphatic rings. The second kappa shape index (κ2) is 13.1. The van der Waals surface area contributed by atoms with Gasteiger partial charge in [0, 0.05) is 12.7 Å². The van der Waals surface area contributed by atoms with Gasteiger partial charge in [0.05, 0.1) is 19.6 Å². The molecule has 0 heterocycles. The maximum absolute atomic E-state index is 15.4. The topological polar surface area (TPSA) is 65.0 Å². The Morgan fingerprint density at radius 1 is 0.974 bits per heavy atom. The maximum Gasteiger partial charge on any atom is 0.303 e. The Balaban J connectivity index is 1.99. The lowest BCUT2D eigenvalue weighted by Gasteiger charge is -2.32. The fourth-order valence-corrected chi connectivity index (χ4v) is 4.99. The zero-order valence-corrected chi connectivity index (χ0v) is 23.5. The quantitative estimate of drug-likeness (QED) is 0.250. The molecule has 0 aromatic heterocycles. The van der Waals surface area contributed by atoms with Crippen LogP contribution in [0.1, 0.15) is 75.7 Å². The molecule has 210 valence electrons. The number of carboxylic acid groups (broad SMARTS) is 1. The highest BCUT2D eigenvalue weighted by molar-refractivity contribution is 5.71. The number of carbonyl (C=O) groups is 1. The van der Waals surface area contributed by atoms with Gasteiger partial charge in [-0.3, -0.25) is 4.79 Å². The van der Waals surface area contributed by atoms with Crippen molar-refractivity contribution in [2.45, 2.75) is 65.6 Å². The molecule has 0 aliphatic carbocycles. The minimum absolute atomic E-state index is 0.0579. The highest BCUT2D eigenvalue weighted by Crippen LogP contribution is 2.42. The summed E-state index contributed by atoms with van der Waals surface area (Å²) >= 11 is 0. The minimum atomic E-state index is -0.967. The van der Waals surface area contributed by atoms with E-state index in [0.717, 1.165) is 17.5 Å². The molecule has 0 spiro atoms. The molecule has 3 aromatic carbocycles. The van der Waals surface area contributed by atoms with Gasteiger partial charge in [-0.1, -0.05) is 58.4 Å². The van der Waals surface area contributed by atoms with Gasteiger partial charge in [-0.05, 0) is 70.3 Å². The van der Waals surface area contributed by atoms with Crippen molar-refractivity contribution in [2.75, 3.05) is 14.2 Å². The Morgan fingerprint density at radius 3 is 2.33 bits per heavy atom. The van der Waals surface area contributed by atoms with E-state index in [4.69, 9.17) is 14.2 Å². The molecule has 39 heavy (non-hydrogen) atoms. The molecular formula is C32H38F2O5. The van der Waals surface area contributed by atoms with Crippen molar-refractivity contribution in [2.24, 2.45) is 5.41 Å². The van der Waals surface area contributed by atoms with Crippen LogP contribution in [-0.4, -0.2) is 25.3 Å². The lowest BCUT2D eigenvalue weighted by molar-refractivity contribution is -0.137. The smallest absolute Gasteiger partial charge is 0.303 e. The average molecular weight is 541 g/mol. The number of benzene rings is 3. The van der Waals surface area contributed by atoms with Crippen molar-refractivity contribution in [1.29, 1.82) is 0 Å². The van der Waals surface area contributed by atoms with Crippen molar-refractivity contribution >= 4 is 5.97 Å². The van der Waals surface area contributed by atoms with Crippen LogP contribution in [0.4, 0.5) is 8.78 Å². The van der Waals surface area contributed by atoms with Crippen molar-refractivity contribution in [3.8, 4) is 22.6 Å². The first-order valence-electron chi connectivity index (χ1n) is 13.1. The third-order valence-electron chi connectivity index (χ3n) is 6.77. The van der Waals surface area contributed by atoms with Gasteiger partial charge in [-0.2, -0.15) is 0 Å².